The molecule has 7 aromatic carbocycles. The van der Waals surface area contributed by atoms with Crippen molar-refractivity contribution in [2.75, 3.05) is 60.1 Å². The zero-order valence-corrected chi connectivity index (χ0v) is 70.5. The van der Waals surface area contributed by atoms with E-state index in [9.17, 15) is 4.39 Å². The average molecular weight is 1710 g/mol. The van der Waals surface area contributed by atoms with Crippen molar-refractivity contribution in [2.24, 2.45) is 0 Å². The minimum Gasteiger partial charge on any atom is -0.497 e. The number of pyridine rings is 5. The molecule has 0 saturated carbocycles. The maximum atomic E-state index is 15.0. The lowest BCUT2D eigenvalue weighted by atomic mass is 10.1. The number of anilines is 1. The lowest BCUT2D eigenvalue weighted by molar-refractivity contribution is 0.0337. The Morgan fingerprint density at radius 1 is 0.391 bits per heavy atom. The van der Waals surface area contributed by atoms with Crippen LogP contribution in [0.2, 0.25) is 0 Å². The van der Waals surface area contributed by atoms with Gasteiger partial charge in [0.1, 0.15) is 58.2 Å². The van der Waals surface area contributed by atoms with Crippen LogP contribution >= 0.6 is 0 Å². The van der Waals surface area contributed by atoms with Gasteiger partial charge in [0, 0.05) is 113 Å². The van der Waals surface area contributed by atoms with Gasteiger partial charge in [0.25, 0.3) is 0 Å². The van der Waals surface area contributed by atoms with Crippen LogP contribution in [0.1, 0.15) is 67.8 Å². The summed E-state index contributed by atoms with van der Waals surface area (Å²) < 4.78 is 67.3. The predicted octanol–water partition coefficient (Wildman–Crippen LogP) is 17.0. The molecule has 638 valence electrons. The molecule has 20 aromatic rings. The maximum Gasteiger partial charge on any atom is 0.195 e. The van der Waals surface area contributed by atoms with Crippen LogP contribution in [0.4, 0.5) is 10.1 Å². The number of methoxy groups -OCH3 is 4. The third-order valence-electron chi connectivity index (χ3n) is 21.5. The molecule has 0 spiro atoms. The van der Waals surface area contributed by atoms with Crippen LogP contribution in [0, 0.1) is 5.82 Å². The highest BCUT2D eigenvalue weighted by Gasteiger charge is 2.25. The molecule has 1 aliphatic rings. The van der Waals surface area contributed by atoms with E-state index in [-0.39, 0.29) is 24.6 Å². The topological polar surface area (TPSA) is 326 Å². The van der Waals surface area contributed by atoms with Crippen molar-refractivity contribution in [1.82, 2.24) is 109 Å². The summed E-state index contributed by atoms with van der Waals surface area (Å²) in [4.78, 5) is 24.3. The van der Waals surface area contributed by atoms with Crippen LogP contribution < -0.4 is 38.5 Å². The van der Waals surface area contributed by atoms with Gasteiger partial charge in [0.15, 0.2) is 58.1 Å². The molecule has 0 aliphatic carbocycles. The molecule has 0 bridgehead atoms. The lowest BCUT2D eigenvalue weighted by Gasteiger charge is -2.26. The van der Waals surface area contributed by atoms with Crippen molar-refractivity contribution in [1.29, 1.82) is 0 Å². The molecule has 0 unspecified atom stereocenters. The van der Waals surface area contributed by atoms with Gasteiger partial charge >= 0.3 is 0 Å². The van der Waals surface area contributed by atoms with Crippen LogP contribution in [0.15, 0.2) is 274 Å². The van der Waals surface area contributed by atoms with Crippen LogP contribution in [0.25, 0.3) is 111 Å². The average Bonchev–Trinajstić information content (AvgIpc) is 1.65. The number of nitrogens with zero attached hydrogens (tertiary/aromatic N) is 22. The molecule has 32 heteroatoms. The van der Waals surface area contributed by atoms with Crippen molar-refractivity contribution in [3.05, 3.63) is 308 Å². The number of aromatic nitrogens is 21. The summed E-state index contributed by atoms with van der Waals surface area (Å²) in [6.45, 7) is 8.24. The molecular weight excluding hydrogens is 1620 g/mol. The Morgan fingerprint density at radius 2 is 0.812 bits per heavy atom. The summed E-state index contributed by atoms with van der Waals surface area (Å²) in [7, 11) is 6.51. The molecule has 1 saturated heterocycles. The minimum atomic E-state index is -0.318. The number of rotatable bonds is 24. The van der Waals surface area contributed by atoms with Gasteiger partial charge in [-0.05, 0) is 128 Å². The monoisotopic (exact) mass is 1710 g/mol. The van der Waals surface area contributed by atoms with Crippen molar-refractivity contribution in [2.45, 2.75) is 58.6 Å². The van der Waals surface area contributed by atoms with E-state index in [1.807, 2.05) is 231 Å². The number of halogens is 1. The van der Waals surface area contributed by atoms with Gasteiger partial charge in [-0.3, -0.25) is 24.8 Å². The summed E-state index contributed by atoms with van der Waals surface area (Å²) in [6, 6.07) is 77.0. The van der Waals surface area contributed by atoms with E-state index in [1.165, 1.54) is 6.07 Å². The molecule has 2 atom stereocenters. The maximum absolute atomic E-state index is 15.0. The molecule has 14 heterocycles. The van der Waals surface area contributed by atoms with Gasteiger partial charge in [-0.25, -0.2) is 9.37 Å². The Morgan fingerprint density at radius 3 is 1.30 bits per heavy atom. The second-order valence-electron chi connectivity index (χ2n) is 29.4. The molecule has 1 N–H and O–H groups in total. The second kappa shape index (κ2) is 38.3. The summed E-state index contributed by atoms with van der Waals surface area (Å²) in [6.07, 6.45) is 9.34. The highest BCUT2D eigenvalue weighted by molar-refractivity contribution is 5.89. The molecule has 31 nitrogen and oxygen atoms in total. The summed E-state index contributed by atoms with van der Waals surface area (Å²) >= 11 is 0. The molecule has 128 heavy (non-hydrogen) atoms. The van der Waals surface area contributed by atoms with E-state index in [2.05, 4.69) is 94.9 Å². The number of ether oxygens (including phenoxy) is 8. The first kappa shape index (κ1) is 82.7. The zero-order chi connectivity index (χ0) is 87.2. The molecule has 21 rings (SSSR count). The first-order valence-corrected chi connectivity index (χ1v) is 41.4. The molecule has 0 amide bonds. The van der Waals surface area contributed by atoms with Gasteiger partial charge in [0.05, 0.1) is 105 Å². The number of benzene rings is 7. The largest absolute Gasteiger partial charge is 0.497 e. The van der Waals surface area contributed by atoms with Gasteiger partial charge in [-0.15, -0.1) is 40.8 Å². The number of hydrogen-bond acceptors (Lipinski definition) is 27. The highest BCUT2D eigenvalue weighted by atomic mass is 19.1. The second-order valence-corrected chi connectivity index (χ2v) is 29.4. The van der Waals surface area contributed by atoms with Crippen LogP contribution in [0.5, 0.6) is 40.2 Å². The van der Waals surface area contributed by atoms with Gasteiger partial charge < -0.3 is 43.2 Å². The van der Waals surface area contributed by atoms with Gasteiger partial charge in [-0.2, -0.15) is 38.5 Å². The highest BCUT2D eigenvalue weighted by Crippen LogP contribution is 2.36. The third-order valence-corrected chi connectivity index (χ3v) is 21.5. The number of morpholine rings is 1. The van der Waals surface area contributed by atoms with E-state index in [1.54, 1.807) is 83.6 Å². The molecule has 13 aromatic heterocycles. The standard InChI is InChI=1S/C27H25FN6O3.2C24H21N5O2.C21H17N7O/c1-35-20-4-5-21-24(15-20)29-9-8-25(21)37-17-27-31-30-26-7-6-23(32-34(26)27)18-2-3-19(22(28)14-18)16-33-10-12-36-13-11-33;2*1-3-21(31-22-13-14-25-20-15-17(30-2)9-10-18(20)22)24-27-26-23-12-11-19(28-29(23)24)16-7-5-4-6-8-16;1-29-15-11-18-21(24-12-15)17(9-10-22-18)23-13-20-26-25-19-8-7-16(27-28(19)20)14-5-3-2-4-6-14/h2-9,14-15H,10-13,16-17H2,1H3;2*4-15,21H,3H2,1-2H3;2-12H,13H2,1H3,(H,22,23)/t;2*21-;/m.10./s1. The number of fused-ring (bicyclic) bond motifs is 8. The Bertz CT molecular complexity index is 7080. The zero-order valence-electron chi connectivity index (χ0n) is 70.5. The fraction of sp³-hybridized carbons (Fsp3) is 0.177. The van der Waals surface area contributed by atoms with Crippen LogP contribution in [0.3, 0.4) is 0 Å². The normalized spacial score (nSPS) is 12.6. The van der Waals surface area contributed by atoms with Gasteiger partial charge in [-0.1, -0.05) is 117 Å². The van der Waals surface area contributed by atoms with E-state index in [4.69, 9.17) is 53.2 Å². The quantitative estimate of drug-likeness (QED) is 0.0587. The number of hydrogen-bond donors (Lipinski definition) is 1. The third kappa shape index (κ3) is 18.3. The predicted molar refractivity (Wildman–Crippen MR) is 481 cm³/mol. The minimum absolute atomic E-state index is 0.148. The van der Waals surface area contributed by atoms with Crippen molar-refractivity contribution in [3.8, 4) is 85.3 Å². The lowest BCUT2D eigenvalue weighted by Crippen LogP contribution is -2.35. The van der Waals surface area contributed by atoms with Gasteiger partial charge in [0.2, 0.25) is 0 Å². The smallest absolute Gasteiger partial charge is 0.195 e. The summed E-state index contributed by atoms with van der Waals surface area (Å²) in [5.74, 6) is 7.34. The fourth-order valence-electron chi connectivity index (χ4n) is 14.7. The Balaban J connectivity index is 0.000000116. The van der Waals surface area contributed by atoms with E-state index >= 15 is 0 Å². The molecule has 1 aliphatic heterocycles. The van der Waals surface area contributed by atoms with E-state index in [0.717, 1.165) is 125 Å². The molecular formula is C96H84FN23O8. The van der Waals surface area contributed by atoms with Crippen LogP contribution in [-0.4, -0.2) is 164 Å². The summed E-state index contributed by atoms with van der Waals surface area (Å²) in [5.41, 5.74) is 15.0. The van der Waals surface area contributed by atoms with E-state index < -0.39 is 0 Å². The summed E-state index contributed by atoms with van der Waals surface area (Å²) in [5, 5.41) is 59.3. The first-order valence-electron chi connectivity index (χ1n) is 41.4. The first-order chi connectivity index (χ1) is 63.0. The Labute approximate surface area is 731 Å². The fourth-order valence-corrected chi connectivity index (χ4v) is 14.7. The Kier molecular flexibility index (Phi) is 24.7. The Hall–Kier alpha value is -16.2. The van der Waals surface area contributed by atoms with Crippen molar-refractivity contribution in [3.63, 3.8) is 0 Å². The molecule has 1 fully saturated rings. The molecule has 0 radical (unpaired) electrons. The van der Waals surface area contributed by atoms with Crippen molar-refractivity contribution >= 4 is 72.0 Å². The number of nitrogens with one attached hydrogen (secondary N) is 1. The van der Waals surface area contributed by atoms with E-state index in [0.29, 0.717) is 113 Å². The van der Waals surface area contributed by atoms with Crippen molar-refractivity contribution < 1.29 is 42.3 Å². The SMILES string of the molecule is CC[C@@H](Oc1ccnc2cc(OC)ccc12)c1nnc2ccc(-c3ccccc3)nn12.CC[C@H](Oc1ccnc2cc(OC)ccc12)c1nnc2ccc(-c3ccccc3)nn12.COc1ccc2c(OCc3nnc4ccc(-c5ccc(CN6CCOCC6)c(F)c5)nn34)ccnc2c1.COc1cnc2c(NCc3nnc4ccc(-c5ccccc5)nn34)ccnc2c1. The van der Waals surface area contributed by atoms with Crippen LogP contribution in [-0.2, 0) is 24.4 Å².